The van der Waals surface area contributed by atoms with Gasteiger partial charge in [0.1, 0.15) is 11.2 Å². The van der Waals surface area contributed by atoms with Gasteiger partial charge in [0, 0.05) is 53.6 Å². The minimum absolute atomic E-state index is 0.248. The summed E-state index contributed by atoms with van der Waals surface area (Å²) in [6, 6.07) is 13.5. The molecule has 0 amide bonds. The number of hydrogen-bond donors (Lipinski definition) is 1. The molecule has 0 atom stereocenters. The van der Waals surface area contributed by atoms with Crippen LogP contribution in [0.3, 0.4) is 0 Å². The van der Waals surface area contributed by atoms with Crippen LogP contribution in [0.25, 0.3) is 21.9 Å². The number of furan rings is 2. The summed E-state index contributed by atoms with van der Waals surface area (Å²) in [6.07, 6.45) is 3.11. The number of carboxylic acids is 1. The third-order valence-corrected chi connectivity index (χ3v) is 3.60. The Morgan fingerprint density at radius 2 is 1.24 bits per heavy atom. The van der Waals surface area contributed by atoms with E-state index in [4.69, 9.17) is 25.5 Å². The van der Waals surface area contributed by atoms with Gasteiger partial charge in [-0.05, 0) is 48.0 Å². The summed E-state index contributed by atoms with van der Waals surface area (Å²) in [5.74, 6) is -0.937. The second kappa shape index (κ2) is 15.3. The summed E-state index contributed by atoms with van der Waals surface area (Å²) in [4.78, 5) is 21.3. The van der Waals surface area contributed by atoms with E-state index in [2.05, 4.69) is 77.2 Å². The summed E-state index contributed by atoms with van der Waals surface area (Å²) in [5, 5.41) is 10.1. The van der Waals surface area contributed by atoms with Crippen LogP contribution >= 0.6 is 88.8 Å². The molecule has 153 valence electrons. The summed E-state index contributed by atoms with van der Waals surface area (Å²) >= 11 is 14.3. The van der Waals surface area contributed by atoms with Crippen molar-refractivity contribution in [2.75, 3.05) is 0 Å². The molecule has 5 nitrogen and oxygen atoms in total. The molecule has 2 aromatic heterocycles. The van der Waals surface area contributed by atoms with Gasteiger partial charge in [-0.25, -0.2) is 4.79 Å². The van der Waals surface area contributed by atoms with E-state index >= 15 is 0 Å². The van der Waals surface area contributed by atoms with Crippen LogP contribution in [0.1, 0.15) is 20.7 Å². The summed E-state index contributed by atoms with van der Waals surface area (Å²) in [7, 11) is 0.628. The fourth-order valence-electron chi connectivity index (χ4n) is 2.16. The van der Waals surface area contributed by atoms with Crippen molar-refractivity contribution in [2.45, 2.75) is 0 Å². The van der Waals surface area contributed by atoms with Crippen LogP contribution in [0.4, 0.5) is 0 Å². The van der Waals surface area contributed by atoms with Gasteiger partial charge in [-0.15, -0.1) is 0 Å². The fourth-order valence-corrected chi connectivity index (χ4v) is 2.28. The Labute approximate surface area is 223 Å². The normalized spacial score (nSPS) is 9.28. The van der Waals surface area contributed by atoms with Gasteiger partial charge >= 0.3 is 55.4 Å². The number of carbonyl (C=O) groups is 2. The van der Waals surface area contributed by atoms with Gasteiger partial charge in [0.15, 0.2) is 0 Å². The number of carboxylic acid groups (broad SMARTS) is 1. The average molecular weight is 901 g/mol. The molecule has 0 aliphatic carbocycles. The molecule has 1 N–H and O–H groups in total. The Bertz CT molecular complexity index is 982. The monoisotopic (exact) mass is 901 g/mol. The van der Waals surface area contributed by atoms with Crippen LogP contribution in [-0.2, 0) is 9.47 Å². The van der Waals surface area contributed by atoms with Crippen LogP contribution in [0, 0.1) is 0 Å². The first-order valence-electron chi connectivity index (χ1n) is 7.40. The number of hydrogen-bond acceptors (Lipinski definition) is 4. The Balaban J connectivity index is 0.000000238. The molecule has 4 rings (SSSR count). The maximum atomic E-state index is 10.7. The first-order chi connectivity index (χ1) is 14.0. The van der Waals surface area contributed by atoms with Crippen molar-refractivity contribution in [2.24, 2.45) is 0 Å². The molecule has 0 aliphatic heterocycles. The summed E-state index contributed by atoms with van der Waals surface area (Å²) in [5.41, 5.74) is 1.99. The quantitative estimate of drug-likeness (QED) is 0.161. The topological polar surface area (TPSA) is 80.7 Å². The average Bonchev–Trinajstić information content (AvgIpc) is 3.38. The van der Waals surface area contributed by atoms with E-state index in [0.29, 0.717) is 26.2 Å². The molecule has 2 heterocycles. The number of carbonyl (C=O) groups excluding carboxylic acids is 1. The van der Waals surface area contributed by atoms with E-state index in [-0.39, 0.29) is 5.56 Å². The van der Waals surface area contributed by atoms with Crippen LogP contribution in [0.15, 0.2) is 69.9 Å². The van der Waals surface area contributed by atoms with Crippen LogP contribution < -0.4 is 0 Å². The van der Waals surface area contributed by atoms with Gasteiger partial charge in [-0.1, -0.05) is 12.1 Å². The van der Waals surface area contributed by atoms with E-state index < -0.39 is 11.2 Å². The van der Waals surface area contributed by atoms with Crippen molar-refractivity contribution >= 4 is 122 Å². The molecule has 0 fully saturated rings. The van der Waals surface area contributed by atoms with Crippen molar-refractivity contribution in [3.05, 3.63) is 72.2 Å². The summed E-state index contributed by atoms with van der Waals surface area (Å²) in [6.45, 7) is 0. The van der Waals surface area contributed by atoms with Crippen molar-refractivity contribution in [3.63, 3.8) is 0 Å². The predicted octanol–water partition coefficient (Wildman–Crippen LogP) is 8.48. The molecule has 0 radical (unpaired) electrons. The molecule has 0 unspecified atom stereocenters. The van der Waals surface area contributed by atoms with Crippen molar-refractivity contribution < 1.29 is 33.0 Å². The molecule has 11 heteroatoms. The molecule has 0 aliphatic rings. The Kier molecular flexibility index (Phi) is 14.5. The zero-order valence-corrected chi connectivity index (χ0v) is 25.0. The molecule has 0 saturated heterocycles. The van der Waals surface area contributed by atoms with Crippen molar-refractivity contribution in [1.82, 2.24) is 0 Å². The Hall–Kier alpha value is 0.454. The van der Waals surface area contributed by atoms with Crippen LogP contribution in [0.2, 0.25) is 0 Å². The van der Waals surface area contributed by atoms with Crippen LogP contribution in [-0.4, -0.2) is 16.3 Å². The number of benzene rings is 2. The first-order valence-corrected chi connectivity index (χ1v) is 23.1. The van der Waals surface area contributed by atoms with Gasteiger partial charge in [0.25, 0.3) is 5.24 Å². The molecule has 29 heavy (non-hydrogen) atoms. The number of rotatable bonds is 2. The van der Waals surface area contributed by atoms with Gasteiger partial charge in [-0.3, -0.25) is 4.79 Å². The standard InChI is InChI=1S/C9H5ClO2.C9H6O3.I2.2HI.V/c2*10-9(11)7-2-1-6-3-4-12-8(6)5-7;1-2;;;/h1-5H;1-5H,(H,10,11);;2*1H;/q;;;;;+2/p-2. The zero-order chi connectivity index (χ0) is 21.8. The van der Waals surface area contributed by atoms with E-state index in [0.717, 1.165) is 10.8 Å². The van der Waals surface area contributed by atoms with E-state index in [1.165, 1.54) is 12.3 Å². The van der Waals surface area contributed by atoms with Crippen LogP contribution in [0.5, 0.6) is 0 Å². The van der Waals surface area contributed by atoms with E-state index in [9.17, 15) is 9.59 Å². The minimum atomic E-state index is -0.937. The van der Waals surface area contributed by atoms with E-state index in [1.807, 2.05) is 6.07 Å². The first kappa shape index (κ1) is 27.5. The Morgan fingerprint density at radius 1 is 0.828 bits per heavy atom. The van der Waals surface area contributed by atoms with E-state index in [1.54, 1.807) is 42.7 Å². The SMILES string of the molecule is II.O=C(Cl)c1ccc2ccoc2c1.O=C(O)c1ccc2ccoc2c1.[I][V][I]. The fraction of sp³-hybridized carbons (Fsp3) is 0. The second-order valence-corrected chi connectivity index (χ2v) is 17.1. The number of halogens is 5. The number of aromatic carboxylic acids is 1. The van der Waals surface area contributed by atoms with Crippen molar-refractivity contribution in [3.8, 4) is 0 Å². The zero-order valence-electron chi connectivity index (χ0n) is 14.2. The third kappa shape index (κ3) is 9.23. The van der Waals surface area contributed by atoms with Gasteiger partial charge < -0.3 is 13.9 Å². The van der Waals surface area contributed by atoms with Gasteiger partial charge in [0.05, 0.1) is 18.1 Å². The predicted molar refractivity (Wildman–Crippen MR) is 146 cm³/mol. The summed E-state index contributed by atoms with van der Waals surface area (Å²) < 4.78 is 10.1. The maximum absolute atomic E-state index is 10.7. The van der Waals surface area contributed by atoms with Gasteiger partial charge in [0.2, 0.25) is 0 Å². The van der Waals surface area contributed by atoms with Crippen molar-refractivity contribution in [1.29, 1.82) is 0 Å². The molecule has 0 bridgehead atoms. The molecular weight excluding hydrogens is 890 g/mol. The molecule has 2 aromatic carbocycles. The second-order valence-electron chi connectivity index (χ2n) is 4.99. The van der Waals surface area contributed by atoms with Gasteiger partial charge in [-0.2, -0.15) is 0 Å². The third-order valence-electron chi connectivity index (χ3n) is 3.39. The molecule has 4 aromatic rings. The molecule has 0 saturated carbocycles. The molecule has 0 spiro atoms. The number of fused-ring (bicyclic) bond motifs is 2. The Morgan fingerprint density at radius 3 is 1.66 bits per heavy atom. The molecular formula is C18H11ClI4O5V.